The Balaban J connectivity index is 0.940. The number of para-hydroxylation sites is 2. The van der Waals surface area contributed by atoms with Gasteiger partial charge in [0.05, 0.1) is 19.7 Å². The number of fused-ring (bicyclic) bond motifs is 8. The molecule has 0 aromatic heterocycles. The molecule has 4 atom stereocenters. The Kier molecular flexibility index (Phi) is 15.4. The molecule has 9 rings (SSSR count). The summed E-state index contributed by atoms with van der Waals surface area (Å²) in [5.74, 6) is -1.29. The number of hydrogen-bond acceptors (Lipinski definition) is 11. The lowest BCUT2D eigenvalue weighted by molar-refractivity contribution is -0.127. The molecule has 0 aliphatic carbocycles. The van der Waals surface area contributed by atoms with Crippen molar-refractivity contribution < 1.29 is 55.9 Å². The Morgan fingerprint density at radius 3 is 2.03 bits per heavy atom. The molecule has 5 aromatic rings. The first-order valence-electron chi connectivity index (χ1n) is 25.3. The van der Waals surface area contributed by atoms with Crippen LogP contribution in [0.5, 0.6) is 17.2 Å². The number of amides is 5. The Morgan fingerprint density at radius 1 is 0.733 bits per heavy atom. The summed E-state index contributed by atoms with van der Waals surface area (Å²) in [6.07, 6.45) is 3.67. The molecule has 5 amide bonds. The summed E-state index contributed by atoms with van der Waals surface area (Å²) < 4.78 is 55.2. The molecule has 18 heteroatoms. The predicted octanol–water partition coefficient (Wildman–Crippen LogP) is 7.02. The molecule has 0 radical (unpaired) electrons. The highest BCUT2D eigenvalue weighted by molar-refractivity contribution is 7.86. The van der Waals surface area contributed by atoms with E-state index in [1.54, 1.807) is 63.4 Å². The molecule has 1 unspecified atom stereocenters. The van der Waals surface area contributed by atoms with Crippen LogP contribution in [-0.2, 0) is 68.2 Å². The van der Waals surface area contributed by atoms with Crippen LogP contribution in [-0.4, -0.2) is 86.3 Å². The summed E-state index contributed by atoms with van der Waals surface area (Å²) in [6, 6.07) is 26.7. The second-order valence-electron chi connectivity index (χ2n) is 19.9. The normalized spacial score (nSPS) is 17.7. The van der Waals surface area contributed by atoms with E-state index in [9.17, 15) is 41.7 Å². The van der Waals surface area contributed by atoms with E-state index in [0.717, 1.165) is 35.2 Å². The van der Waals surface area contributed by atoms with Gasteiger partial charge in [-0.25, -0.2) is 0 Å². The lowest BCUT2D eigenvalue weighted by Crippen LogP contribution is -2.47. The van der Waals surface area contributed by atoms with Crippen LogP contribution in [0.3, 0.4) is 0 Å². The van der Waals surface area contributed by atoms with Gasteiger partial charge in [-0.3, -0.25) is 33.3 Å². The first-order chi connectivity index (χ1) is 36.0. The Bertz CT molecular complexity index is 3210. The van der Waals surface area contributed by atoms with Crippen LogP contribution in [0.4, 0.5) is 17.1 Å². The van der Waals surface area contributed by atoms with Gasteiger partial charge in [0.25, 0.3) is 21.9 Å². The molecule has 5 aromatic carbocycles. The molecule has 0 fully saturated rings. The number of rotatable bonds is 19. The number of aryl methyl sites for hydroxylation is 2. The zero-order chi connectivity index (χ0) is 53.1. The number of nitrogens with zero attached hydrogens (tertiary/aromatic N) is 2. The number of benzene rings is 5. The van der Waals surface area contributed by atoms with Gasteiger partial charge >= 0.3 is 0 Å². The van der Waals surface area contributed by atoms with E-state index < -0.39 is 33.2 Å². The van der Waals surface area contributed by atoms with Crippen molar-refractivity contribution in [2.45, 2.75) is 109 Å². The van der Waals surface area contributed by atoms with Gasteiger partial charge in [0, 0.05) is 66.5 Å². The molecule has 4 heterocycles. The summed E-state index contributed by atoms with van der Waals surface area (Å²) >= 11 is 0. The van der Waals surface area contributed by atoms with Crippen LogP contribution in [0, 0.1) is 12.8 Å². The first-order valence-corrected chi connectivity index (χ1v) is 26.8. The van der Waals surface area contributed by atoms with Crippen molar-refractivity contribution in [1.82, 2.24) is 10.6 Å². The number of Topliss-reactive ketones (excluding diaryl/α,β-unsaturated/α-hetero) is 1. The van der Waals surface area contributed by atoms with Crippen molar-refractivity contribution in [3.05, 3.63) is 141 Å². The van der Waals surface area contributed by atoms with E-state index in [1.807, 2.05) is 47.4 Å². The maximum atomic E-state index is 14.3. The van der Waals surface area contributed by atoms with Gasteiger partial charge < -0.3 is 40.0 Å². The molecule has 0 saturated carbocycles. The number of unbranched alkanes of at least 4 members (excludes halogenated alkanes) is 1. The van der Waals surface area contributed by atoms with Gasteiger partial charge in [-0.2, -0.15) is 8.42 Å². The summed E-state index contributed by atoms with van der Waals surface area (Å²) in [5, 5.41) is 6.79. The number of carbonyl (C=O) groups is 6. The van der Waals surface area contributed by atoms with E-state index in [0.29, 0.717) is 87.7 Å². The number of methoxy groups -OCH3 is 1. The van der Waals surface area contributed by atoms with Crippen molar-refractivity contribution in [3.63, 3.8) is 0 Å². The Labute approximate surface area is 436 Å². The molecular weight excluding hydrogens is 979 g/mol. The highest BCUT2D eigenvalue weighted by Crippen LogP contribution is 2.43. The number of anilines is 3. The lowest BCUT2D eigenvalue weighted by Gasteiger charge is -2.27. The predicted molar refractivity (Wildman–Crippen MR) is 281 cm³/mol. The largest absolute Gasteiger partial charge is 0.493 e. The minimum atomic E-state index is -4.62. The minimum absolute atomic E-state index is 0.000726. The van der Waals surface area contributed by atoms with Crippen LogP contribution in [0.25, 0.3) is 0 Å². The van der Waals surface area contributed by atoms with Gasteiger partial charge in [0.2, 0.25) is 17.7 Å². The Hall–Kier alpha value is -7.57. The zero-order valence-corrected chi connectivity index (χ0v) is 43.2. The van der Waals surface area contributed by atoms with Gasteiger partial charge in [-0.05, 0) is 145 Å². The number of nitrogens with one attached hydrogen (secondary N) is 3. The smallest absolute Gasteiger partial charge is 0.270 e. The summed E-state index contributed by atoms with van der Waals surface area (Å²) in [7, 11) is -1.55. The van der Waals surface area contributed by atoms with E-state index in [-0.39, 0.29) is 80.9 Å². The number of ketones is 1. The fourth-order valence-corrected chi connectivity index (χ4v) is 11.8. The molecule has 17 nitrogen and oxygen atoms in total. The number of hydrogen-bond donors (Lipinski definition) is 4. The zero-order valence-electron chi connectivity index (χ0n) is 42.4. The molecule has 4 N–H and O–H groups in total. The van der Waals surface area contributed by atoms with Gasteiger partial charge in [-0.15, -0.1) is 0 Å². The third-order valence-corrected chi connectivity index (χ3v) is 15.9. The monoisotopic (exact) mass is 1040 g/mol. The Morgan fingerprint density at radius 2 is 1.35 bits per heavy atom. The molecule has 0 saturated heterocycles. The van der Waals surface area contributed by atoms with Crippen molar-refractivity contribution >= 4 is 62.5 Å². The third-order valence-electron chi connectivity index (χ3n) is 14.7. The van der Waals surface area contributed by atoms with Gasteiger partial charge in [0.1, 0.15) is 24.2 Å². The maximum Gasteiger partial charge on any atom is 0.270 e. The topological polar surface area (TPSA) is 227 Å². The van der Waals surface area contributed by atoms with E-state index >= 15 is 0 Å². The van der Waals surface area contributed by atoms with Crippen LogP contribution in [0.2, 0.25) is 0 Å². The average molecular weight is 1040 g/mol. The molecule has 4 aliphatic rings. The van der Waals surface area contributed by atoms with Crippen LogP contribution in [0.15, 0.2) is 91.0 Å². The fraction of sp³-hybridized carbons (Fsp3) is 0.368. The maximum absolute atomic E-state index is 14.3. The molecule has 75 heavy (non-hydrogen) atoms. The summed E-state index contributed by atoms with van der Waals surface area (Å²) in [5.41, 5.74) is 7.81. The van der Waals surface area contributed by atoms with Gasteiger partial charge in [-0.1, -0.05) is 43.3 Å². The molecule has 0 bridgehead atoms. The standard InChI is InChI=1S/C57H61N5O12S/c1-33-20-44-40(28-52(75(69,70)71)48-25-39-12-6-8-14-47(39)62(48)57(44)68)27-49(33)73-31-35-21-36(23-41(22-35)60-55(66)34(2)19-43(63)30-59-54(65)16-10-9-15-53(64)58-3)32-74-51-26-37-17-18-42-24-38-11-5-7-13-46(38)61(42)56(67)45(37)29-50(51)72-4/h5-8,11-14,20-23,26-27,29,34,42,48,52H,9-10,15-19,24-25,28,30-32H2,1-4H3,(H,58,64)(H,59,65)(H,60,66)(H,69,70,71)/t34-,42-,48+,52?/m1/s1. The van der Waals surface area contributed by atoms with Gasteiger partial charge in [0.15, 0.2) is 17.3 Å². The van der Waals surface area contributed by atoms with E-state index in [1.165, 1.54) is 12.0 Å². The molecular formula is C57H61N5O12S. The number of carbonyl (C=O) groups excluding carboxylic acids is 6. The van der Waals surface area contributed by atoms with Crippen molar-refractivity contribution in [3.8, 4) is 17.2 Å². The molecule has 4 aliphatic heterocycles. The van der Waals surface area contributed by atoms with E-state index in [4.69, 9.17) is 14.2 Å². The quantitative estimate of drug-likeness (QED) is 0.0484. The summed E-state index contributed by atoms with van der Waals surface area (Å²) in [4.78, 5) is 82.3. The highest BCUT2D eigenvalue weighted by atomic mass is 32.2. The van der Waals surface area contributed by atoms with Crippen molar-refractivity contribution in [2.24, 2.45) is 5.92 Å². The number of ether oxygens (including phenoxy) is 3. The summed E-state index contributed by atoms with van der Waals surface area (Å²) in [6.45, 7) is 3.11. The molecule has 0 spiro atoms. The van der Waals surface area contributed by atoms with Crippen LogP contribution >= 0.6 is 0 Å². The van der Waals surface area contributed by atoms with Crippen LogP contribution in [0.1, 0.15) is 105 Å². The van der Waals surface area contributed by atoms with Crippen LogP contribution < -0.4 is 40.0 Å². The first kappa shape index (κ1) is 52.3. The SMILES string of the molecule is CNC(=O)CCCCC(=O)NCC(=O)C[C@@H](C)C(=O)Nc1cc(COc2cc3c(cc2C)C(=O)N2c4ccccc4C[C@H]2C(S(=O)(=O)O)C3)cc(COc2cc3c(cc2OC)C(=O)N2c4ccccc4C[C@H]2CC3)c1. The molecule has 392 valence electrons. The second-order valence-corrected chi connectivity index (χ2v) is 21.5. The second kappa shape index (κ2) is 22.1. The average Bonchev–Trinajstić information content (AvgIpc) is 3.89. The minimum Gasteiger partial charge on any atom is -0.493 e. The van der Waals surface area contributed by atoms with E-state index in [2.05, 4.69) is 22.0 Å². The lowest BCUT2D eigenvalue weighted by atomic mass is 9.97. The highest BCUT2D eigenvalue weighted by Gasteiger charge is 2.47. The van der Waals surface area contributed by atoms with Crippen molar-refractivity contribution in [2.75, 3.05) is 35.8 Å². The third kappa shape index (κ3) is 11.4. The van der Waals surface area contributed by atoms with Crippen molar-refractivity contribution in [1.29, 1.82) is 0 Å². The fourth-order valence-electron chi connectivity index (χ4n) is 10.8.